The van der Waals surface area contributed by atoms with Crippen LogP contribution in [0.15, 0.2) is 121 Å². The SMILES string of the molecule is CN=C(N)NCCC[C@H](NC(=O)[C@H](CC(C)C)NC(=O)NNC(=O)[C@H](Cc1ccccc1)NC(=O)[C@@H](NC(=O)[C@H](C)NC(=O)[C@@H](Cc1c[nH]c2ccccc12)NC(=O)[C@H](N)Cc1ccc(O)cc1)[C@@H](C)O)C(=O)N[C@@H](Cc1c[nH]c2ccccc12)C(N)=O. The van der Waals surface area contributed by atoms with Crippen LogP contribution in [-0.4, -0.2) is 147 Å². The fraction of sp³-hybridized carbons (Fsp3) is 0.377. The van der Waals surface area contributed by atoms with E-state index < -0.39 is 108 Å². The van der Waals surface area contributed by atoms with Crippen LogP contribution in [-0.2, 0) is 64.0 Å². The zero-order valence-electron chi connectivity index (χ0n) is 49.6. The quantitative estimate of drug-likeness (QED) is 0.0120. The number of para-hydroxylation sites is 2. The first kappa shape index (κ1) is 67.1. The number of H-pyrrole nitrogens is 2. The molecule has 27 heteroatoms. The molecule has 0 fully saturated rings. The van der Waals surface area contributed by atoms with E-state index in [1.165, 1.54) is 33.0 Å². The Labute approximate surface area is 508 Å². The molecular weight excluding hydrogens is 1130 g/mol. The number of aliphatic hydroxyl groups excluding tert-OH is 1. The summed E-state index contributed by atoms with van der Waals surface area (Å²) in [6.45, 7) is 6.39. The highest BCUT2D eigenvalue weighted by Gasteiger charge is 2.35. The highest BCUT2D eigenvalue weighted by atomic mass is 16.3. The number of carbonyl (C=O) groups excluding carboxylic acids is 9. The number of aromatic amines is 2. The Balaban J connectivity index is 1.10. The number of hydrogen-bond donors (Lipinski definition) is 17. The van der Waals surface area contributed by atoms with Crippen LogP contribution in [0.4, 0.5) is 4.79 Å². The fourth-order valence-corrected chi connectivity index (χ4v) is 9.63. The van der Waals surface area contributed by atoms with Crippen LogP contribution in [0.1, 0.15) is 69.2 Å². The van der Waals surface area contributed by atoms with Gasteiger partial charge < -0.3 is 79.9 Å². The lowest BCUT2D eigenvalue weighted by Crippen LogP contribution is -2.62. The normalized spacial score (nSPS) is 14.5. The van der Waals surface area contributed by atoms with Crippen molar-refractivity contribution in [1.29, 1.82) is 0 Å². The number of guanidine groups is 1. The van der Waals surface area contributed by atoms with Gasteiger partial charge in [0.25, 0.3) is 5.91 Å². The first-order chi connectivity index (χ1) is 42.0. The summed E-state index contributed by atoms with van der Waals surface area (Å²) in [6.07, 6.45) is 2.13. The van der Waals surface area contributed by atoms with Gasteiger partial charge in [-0.15, -0.1) is 0 Å². The van der Waals surface area contributed by atoms with E-state index >= 15 is 0 Å². The number of hydrogen-bond acceptors (Lipinski definition) is 13. The molecule has 10 amide bonds. The topological polar surface area (TPSA) is 436 Å². The number of benzene rings is 4. The highest BCUT2D eigenvalue weighted by molar-refractivity contribution is 5.98. The van der Waals surface area contributed by atoms with Gasteiger partial charge in [0, 0.05) is 67.1 Å². The van der Waals surface area contributed by atoms with Crippen molar-refractivity contribution in [3.05, 3.63) is 138 Å². The van der Waals surface area contributed by atoms with Crippen molar-refractivity contribution in [2.45, 2.75) is 127 Å². The van der Waals surface area contributed by atoms with E-state index in [1.54, 1.807) is 68.7 Å². The number of amides is 10. The summed E-state index contributed by atoms with van der Waals surface area (Å²) in [5, 5.41) is 43.3. The second-order valence-corrected chi connectivity index (χ2v) is 21.8. The van der Waals surface area contributed by atoms with Gasteiger partial charge >= 0.3 is 6.03 Å². The maximum atomic E-state index is 14.1. The number of urea groups is 1. The monoisotopic (exact) mass is 1210 g/mol. The average Bonchev–Trinajstić information content (AvgIpc) is 4.04. The second-order valence-electron chi connectivity index (χ2n) is 21.8. The Hall–Kier alpha value is -10.0. The number of aliphatic imine (C=N–C) groups is 1. The molecule has 0 spiro atoms. The Kier molecular flexibility index (Phi) is 24.8. The zero-order chi connectivity index (χ0) is 64.0. The summed E-state index contributed by atoms with van der Waals surface area (Å²) in [5.41, 5.74) is 26.5. The van der Waals surface area contributed by atoms with Gasteiger partial charge in [0.1, 0.15) is 48.0 Å². The van der Waals surface area contributed by atoms with Crippen LogP contribution in [0.25, 0.3) is 21.8 Å². The van der Waals surface area contributed by atoms with Crippen LogP contribution in [0.2, 0.25) is 0 Å². The molecule has 2 heterocycles. The predicted molar refractivity (Wildman–Crippen MR) is 330 cm³/mol. The molecule has 88 heavy (non-hydrogen) atoms. The summed E-state index contributed by atoms with van der Waals surface area (Å²) in [7, 11) is 1.49. The number of aromatic hydroxyl groups is 1. The number of hydrazine groups is 1. The molecule has 20 N–H and O–H groups in total. The van der Waals surface area contributed by atoms with Gasteiger partial charge in [-0.1, -0.05) is 92.7 Å². The van der Waals surface area contributed by atoms with E-state index in [2.05, 4.69) is 68.3 Å². The van der Waals surface area contributed by atoms with Gasteiger partial charge in [-0.2, -0.15) is 0 Å². The number of aromatic nitrogens is 2. The van der Waals surface area contributed by atoms with Gasteiger partial charge in [0.05, 0.1) is 12.1 Å². The third-order valence-corrected chi connectivity index (χ3v) is 14.4. The Bertz CT molecular complexity index is 3410. The molecule has 0 radical (unpaired) electrons. The number of carbonyl (C=O) groups is 9. The lowest BCUT2D eigenvalue weighted by atomic mass is 10.0. The molecule has 470 valence electrons. The Morgan fingerprint density at radius 1 is 0.534 bits per heavy atom. The molecule has 0 saturated heterocycles. The Morgan fingerprint density at radius 2 is 1.06 bits per heavy atom. The molecular formula is C61H80N16O11. The minimum absolute atomic E-state index is 0.0299. The van der Waals surface area contributed by atoms with E-state index in [4.69, 9.17) is 17.2 Å². The molecule has 0 aliphatic rings. The van der Waals surface area contributed by atoms with Crippen molar-refractivity contribution >= 4 is 81.1 Å². The number of nitrogens with two attached hydrogens (primary N) is 3. The average molecular weight is 1210 g/mol. The van der Waals surface area contributed by atoms with Gasteiger partial charge in [-0.25, -0.2) is 10.2 Å². The summed E-state index contributed by atoms with van der Waals surface area (Å²) in [4.78, 5) is 134. The number of phenols is 1. The maximum Gasteiger partial charge on any atom is 0.334 e. The van der Waals surface area contributed by atoms with Gasteiger partial charge in [-0.3, -0.25) is 48.8 Å². The zero-order valence-corrected chi connectivity index (χ0v) is 49.6. The number of nitrogens with zero attached hydrogens (tertiary/aromatic N) is 1. The molecule has 6 aromatic rings. The van der Waals surface area contributed by atoms with Gasteiger partial charge in [-0.05, 0) is 92.0 Å². The van der Waals surface area contributed by atoms with Crippen molar-refractivity contribution in [2.24, 2.45) is 28.1 Å². The van der Waals surface area contributed by atoms with Crippen molar-refractivity contribution < 1.29 is 53.4 Å². The third kappa shape index (κ3) is 20.0. The van der Waals surface area contributed by atoms with Crippen molar-refractivity contribution in [3.8, 4) is 5.75 Å². The Morgan fingerprint density at radius 3 is 1.65 bits per heavy atom. The van der Waals surface area contributed by atoms with E-state index in [9.17, 15) is 53.4 Å². The lowest BCUT2D eigenvalue weighted by molar-refractivity contribution is -0.136. The van der Waals surface area contributed by atoms with E-state index in [0.717, 1.165) is 27.4 Å². The molecule has 2 aromatic heterocycles. The standard InChI is InChI=1S/C61H80N16O11/c1-33(2)26-48(57(85)70-46(20-13-25-66-60(64)65-5)55(83)71-47(52(63)80)29-38-31-67-44-18-11-9-16-41(38)44)74-61(88)77-76-58(86)49(28-36-14-7-6-8-15-36)73-59(87)51(35(4)78)75-53(81)34(3)69-56(84)50(30-39-32-68-45-19-12-10-17-42(39)45)72-54(82)43(62)27-37-21-23-40(79)24-22-37/h6-12,14-19,21-24,31-35,43,46-51,67-68,78-79H,13,20,25-30,62H2,1-5H3,(H2,63,80)(H,69,84)(H,70,85)(H,71,83)(H,72,82)(H,73,87)(H,75,81)(H,76,86)(H3,64,65,66)(H2,74,77,88)/t34-,35+,43+,46-,47-,48-,49-,50+,51-/m0/s1. The van der Waals surface area contributed by atoms with E-state index in [-0.39, 0.29) is 69.1 Å². The van der Waals surface area contributed by atoms with Crippen molar-refractivity contribution in [3.63, 3.8) is 0 Å². The number of nitrogens with one attached hydrogen (secondary N) is 12. The molecule has 0 bridgehead atoms. The summed E-state index contributed by atoms with van der Waals surface area (Å²) >= 11 is 0. The summed E-state index contributed by atoms with van der Waals surface area (Å²) in [6, 6.07) is 17.6. The molecule has 0 unspecified atom stereocenters. The third-order valence-electron chi connectivity index (χ3n) is 14.4. The number of aliphatic hydroxyl groups is 1. The predicted octanol–water partition coefficient (Wildman–Crippen LogP) is -0.193. The van der Waals surface area contributed by atoms with E-state index in [1.807, 2.05) is 48.5 Å². The summed E-state index contributed by atoms with van der Waals surface area (Å²) < 4.78 is 0. The number of rotatable bonds is 30. The fourth-order valence-electron chi connectivity index (χ4n) is 9.63. The smallest absolute Gasteiger partial charge is 0.334 e. The second kappa shape index (κ2) is 32.5. The number of phenolic OH excluding ortho intramolecular Hbond substituents is 1. The molecule has 4 aromatic carbocycles. The first-order valence-electron chi connectivity index (χ1n) is 28.8. The number of fused-ring (bicyclic) bond motifs is 2. The van der Waals surface area contributed by atoms with Gasteiger partial charge in [0.15, 0.2) is 5.96 Å². The highest BCUT2D eigenvalue weighted by Crippen LogP contribution is 2.21. The maximum absolute atomic E-state index is 14.1. The molecule has 27 nitrogen and oxygen atoms in total. The molecule has 0 aliphatic carbocycles. The van der Waals surface area contributed by atoms with Gasteiger partial charge in [0.2, 0.25) is 41.4 Å². The van der Waals surface area contributed by atoms with Crippen molar-refractivity contribution in [2.75, 3.05) is 13.6 Å². The molecule has 6 rings (SSSR count). The van der Waals surface area contributed by atoms with Crippen molar-refractivity contribution in [1.82, 2.24) is 63.4 Å². The molecule has 0 saturated carbocycles. The minimum Gasteiger partial charge on any atom is -0.508 e. The van der Waals surface area contributed by atoms with Crippen LogP contribution in [0.5, 0.6) is 5.75 Å². The van der Waals surface area contributed by atoms with Crippen LogP contribution in [0, 0.1) is 5.92 Å². The van der Waals surface area contributed by atoms with Crippen LogP contribution in [0.3, 0.4) is 0 Å². The van der Waals surface area contributed by atoms with E-state index in [0.29, 0.717) is 16.7 Å². The minimum atomic E-state index is -1.71. The summed E-state index contributed by atoms with van der Waals surface area (Å²) in [5.74, 6) is -6.72. The molecule has 0 aliphatic heterocycles. The van der Waals surface area contributed by atoms with Crippen LogP contribution < -0.4 is 70.6 Å². The first-order valence-corrected chi connectivity index (χ1v) is 28.8. The van der Waals surface area contributed by atoms with Crippen LogP contribution >= 0.6 is 0 Å². The molecule has 9 atom stereocenters. The number of primary amides is 1. The largest absolute Gasteiger partial charge is 0.508 e. The lowest BCUT2D eigenvalue weighted by Gasteiger charge is -2.27.